The molecule has 2 rings (SSSR count). The Balaban J connectivity index is 1.79. The number of hydrogen-bond donors (Lipinski definition) is 2. The zero-order chi connectivity index (χ0) is 17.4. The van der Waals surface area contributed by atoms with Crippen LogP contribution in [0.25, 0.3) is 6.08 Å². The van der Waals surface area contributed by atoms with E-state index < -0.39 is 6.04 Å². The van der Waals surface area contributed by atoms with E-state index in [4.69, 9.17) is 0 Å². The first-order chi connectivity index (χ1) is 11.5. The molecule has 2 N–H and O–H groups in total. The lowest BCUT2D eigenvalue weighted by atomic mass is 10.1. The number of nitrogens with one attached hydrogen (secondary N) is 2. The Bertz CT molecular complexity index is 706. The number of amides is 2. The molecule has 0 heterocycles. The van der Waals surface area contributed by atoms with Crippen molar-refractivity contribution in [3.63, 3.8) is 0 Å². The van der Waals surface area contributed by atoms with E-state index in [1.807, 2.05) is 61.5 Å². The summed E-state index contributed by atoms with van der Waals surface area (Å²) in [6.45, 7) is 4.13. The maximum atomic E-state index is 12.0. The third-order valence-electron chi connectivity index (χ3n) is 3.57. The van der Waals surface area contributed by atoms with Crippen molar-refractivity contribution in [3.05, 3.63) is 77.4 Å². The Morgan fingerprint density at radius 3 is 2.38 bits per heavy atom. The molecular weight excluding hydrogens is 300 g/mol. The summed E-state index contributed by atoms with van der Waals surface area (Å²) in [5.74, 6) is -0.506. The zero-order valence-electron chi connectivity index (χ0n) is 14.0. The molecule has 0 saturated carbocycles. The Hall–Kier alpha value is -2.88. The van der Waals surface area contributed by atoms with Crippen LogP contribution in [-0.2, 0) is 16.1 Å². The molecule has 0 aromatic heterocycles. The second kappa shape index (κ2) is 8.67. The molecule has 0 aliphatic rings. The molecule has 4 heteroatoms. The van der Waals surface area contributed by atoms with Gasteiger partial charge in [0.2, 0.25) is 11.8 Å². The van der Waals surface area contributed by atoms with Crippen molar-refractivity contribution < 1.29 is 9.59 Å². The minimum absolute atomic E-state index is 0.211. The first kappa shape index (κ1) is 17.5. The van der Waals surface area contributed by atoms with Gasteiger partial charge in [-0.15, -0.1) is 0 Å². The highest BCUT2D eigenvalue weighted by Crippen LogP contribution is 2.03. The Kier molecular flexibility index (Phi) is 6.32. The van der Waals surface area contributed by atoms with E-state index in [0.29, 0.717) is 6.54 Å². The van der Waals surface area contributed by atoms with Crippen molar-refractivity contribution in [3.8, 4) is 0 Å². The highest BCUT2D eigenvalue weighted by Gasteiger charge is 2.13. The van der Waals surface area contributed by atoms with Gasteiger partial charge < -0.3 is 10.6 Å². The minimum Gasteiger partial charge on any atom is -0.350 e. The van der Waals surface area contributed by atoms with Gasteiger partial charge in [0, 0.05) is 12.6 Å². The Labute approximate surface area is 142 Å². The topological polar surface area (TPSA) is 58.2 Å². The van der Waals surface area contributed by atoms with Gasteiger partial charge in [-0.05, 0) is 31.1 Å². The lowest BCUT2D eigenvalue weighted by Crippen LogP contribution is -2.44. The second-order valence-electron chi connectivity index (χ2n) is 5.68. The van der Waals surface area contributed by atoms with E-state index in [2.05, 4.69) is 10.6 Å². The summed E-state index contributed by atoms with van der Waals surface area (Å²) in [6, 6.07) is 16.9. The van der Waals surface area contributed by atoms with Crippen molar-refractivity contribution in [2.45, 2.75) is 26.4 Å². The lowest BCUT2D eigenvalue weighted by Gasteiger charge is -2.13. The van der Waals surface area contributed by atoms with E-state index in [9.17, 15) is 9.59 Å². The number of carbonyl (C=O) groups excluding carboxylic acids is 2. The largest absolute Gasteiger partial charge is 0.350 e. The van der Waals surface area contributed by atoms with Gasteiger partial charge in [-0.1, -0.05) is 60.2 Å². The molecule has 0 spiro atoms. The summed E-state index contributed by atoms with van der Waals surface area (Å²) >= 11 is 0. The molecule has 2 aromatic rings. The summed E-state index contributed by atoms with van der Waals surface area (Å²) in [5, 5.41) is 5.48. The maximum absolute atomic E-state index is 12.0. The summed E-state index contributed by atoms with van der Waals surface area (Å²) in [7, 11) is 0. The van der Waals surface area contributed by atoms with E-state index in [1.54, 1.807) is 13.0 Å². The smallest absolute Gasteiger partial charge is 0.244 e. The molecule has 0 radical (unpaired) electrons. The molecule has 2 aromatic carbocycles. The number of hydrogen-bond acceptors (Lipinski definition) is 2. The predicted octanol–water partition coefficient (Wildman–Crippen LogP) is 2.83. The third kappa shape index (κ3) is 5.72. The molecule has 4 nitrogen and oxygen atoms in total. The molecule has 1 unspecified atom stereocenters. The van der Waals surface area contributed by atoms with E-state index in [0.717, 1.165) is 11.1 Å². The quantitative estimate of drug-likeness (QED) is 0.804. The molecule has 1 atom stereocenters. The van der Waals surface area contributed by atoms with E-state index in [1.165, 1.54) is 11.6 Å². The van der Waals surface area contributed by atoms with Gasteiger partial charge in [-0.3, -0.25) is 9.59 Å². The average Bonchev–Trinajstić information content (AvgIpc) is 2.60. The van der Waals surface area contributed by atoms with Crippen LogP contribution in [0.1, 0.15) is 23.6 Å². The lowest BCUT2D eigenvalue weighted by molar-refractivity contribution is -0.126. The van der Waals surface area contributed by atoms with Crippen molar-refractivity contribution in [1.82, 2.24) is 10.6 Å². The number of aryl methyl sites for hydroxylation is 1. The predicted molar refractivity (Wildman–Crippen MR) is 96.1 cm³/mol. The molecule has 2 amide bonds. The van der Waals surface area contributed by atoms with Gasteiger partial charge in [-0.2, -0.15) is 0 Å². The van der Waals surface area contributed by atoms with Gasteiger partial charge in [0.25, 0.3) is 0 Å². The highest BCUT2D eigenvalue weighted by molar-refractivity contribution is 5.95. The fraction of sp³-hybridized carbons (Fsp3) is 0.200. The van der Waals surface area contributed by atoms with E-state index in [-0.39, 0.29) is 11.8 Å². The molecule has 0 fully saturated rings. The fourth-order valence-electron chi connectivity index (χ4n) is 2.11. The highest BCUT2D eigenvalue weighted by atomic mass is 16.2. The second-order valence-corrected chi connectivity index (χ2v) is 5.68. The van der Waals surface area contributed by atoms with Crippen LogP contribution in [0.15, 0.2) is 60.7 Å². The van der Waals surface area contributed by atoms with Gasteiger partial charge >= 0.3 is 0 Å². The summed E-state index contributed by atoms with van der Waals surface area (Å²) in [5.41, 5.74) is 3.14. The number of benzene rings is 2. The molecular formula is C20H22N2O2. The van der Waals surface area contributed by atoms with Crippen LogP contribution in [0.5, 0.6) is 0 Å². The number of rotatable bonds is 6. The molecule has 0 bridgehead atoms. The molecule has 124 valence electrons. The third-order valence-corrected chi connectivity index (χ3v) is 3.57. The molecule has 0 saturated heterocycles. The van der Waals surface area contributed by atoms with Crippen LogP contribution >= 0.6 is 0 Å². The first-order valence-corrected chi connectivity index (χ1v) is 7.91. The van der Waals surface area contributed by atoms with Gasteiger partial charge in [0.05, 0.1) is 0 Å². The van der Waals surface area contributed by atoms with Crippen LogP contribution in [0.3, 0.4) is 0 Å². The molecule has 0 aliphatic heterocycles. The SMILES string of the molecule is Cc1ccc(CNC(=O)C(C)NC(=O)/C=C/c2ccccc2)cc1. The van der Waals surface area contributed by atoms with Gasteiger partial charge in [0.15, 0.2) is 0 Å². The minimum atomic E-state index is -0.594. The zero-order valence-corrected chi connectivity index (χ0v) is 14.0. The van der Waals surface area contributed by atoms with Crippen LogP contribution in [0.2, 0.25) is 0 Å². The standard InChI is InChI=1S/C20H22N2O2/c1-15-8-10-18(11-9-15)14-21-20(24)16(2)22-19(23)13-12-17-6-4-3-5-7-17/h3-13,16H,14H2,1-2H3,(H,21,24)(H,22,23)/b13-12+. The summed E-state index contributed by atoms with van der Waals surface area (Å²) in [4.78, 5) is 23.9. The Morgan fingerprint density at radius 2 is 1.71 bits per heavy atom. The first-order valence-electron chi connectivity index (χ1n) is 7.91. The fourth-order valence-corrected chi connectivity index (χ4v) is 2.11. The van der Waals surface area contributed by atoms with Crippen LogP contribution in [0.4, 0.5) is 0 Å². The van der Waals surface area contributed by atoms with Crippen molar-refractivity contribution in [2.75, 3.05) is 0 Å². The van der Waals surface area contributed by atoms with E-state index >= 15 is 0 Å². The molecule has 24 heavy (non-hydrogen) atoms. The normalized spacial score (nSPS) is 11.9. The Morgan fingerprint density at radius 1 is 1.04 bits per heavy atom. The summed E-state index contributed by atoms with van der Waals surface area (Å²) in [6.07, 6.45) is 3.14. The monoisotopic (exact) mass is 322 g/mol. The van der Waals surface area contributed by atoms with Crippen molar-refractivity contribution in [1.29, 1.82) is 0 Å². The van der Waals surface area contributed by atoms with Crippen LogP contribution in [-0.4, -0.2) is 17.9 Å². The number of carbonyl (C=O) groups is 2. The van der Waals surface area contributed by atoms with Crippen molar-refractivity contribution >= 4 is 17.9 Å². The van der Waals surface area contributed by atoms with Gasteiger partial charge in [-0.25, -0.2) is 0 Å². The average molecular weight is 322 g/mol. The van der Waals surface area contributed by atoms with Crippen LogP contribution in [0, 0.1) is 6.92 Å². The van der Waals surface area contributed by atoms with Gasteiger partial charge in [0.1, 0.15) is 6.04 Å². The molecule has 0 aliphatic carbocycles. The van der Waals surface area contributed by atoms with Crippen LogP contribution < -0.4 is 10.6 Å². The maximum Gasteiger partial charge on any atom is 0.244 e. The van der Waals surface area contributed by atoms with Crippen molar-refractivity contribution in [2.24, 2.45) is 0 Å². The summed E-state index contributed by atoms with van der Waals surface area (Å²) < 4.78 is 0.